The monoisotopic (exact) mass is 332 g/mol. The first-order valence-corrected chi connectivity index (χ1v) is 8.65. The molecule has 1 fully saturated rings. The van der Waals surface area contributed by atoms with Gasteiger partial charge in [-0.05, 0) is 25.7 Å². The van der Waals surface area contributed by atoms with Crippen molar-refractivity contribution in [2.75, 3.05) is 20.1 Å². The normalized spacial score (nSPS) is 27.3. The molecule has 0 radical (unpaired) electrons. The van der Waals surface area contributed by atoms with E-state index in [1.54, 1.807) is 17.3 Å². The van der Waals surface area contributed by atoms with Gasteiger partial charge in [-0.25, -0.2) is 14.4 Å². The van der Waals surface area contributed by atoms with E-state index in [1.807, 2.05) is 7.05 Å². The molecular weight excluding hydrogens is 307 g/mol. The molecule has 2 aliphatic rings. The average molecular weight is 332 g/mol. The molecule has 1 aliphatic heterocycles. The Bertz CT molecular complexity index is 580. The summed E-state index contributed by atoms with van der Waals surface area (Å²) in [7, 11) is 1.84. The van der Waals surface area contributed by atoms with Crippen molar-refractivity contribution in [3.63, 3.8) is 0 Å². The van der Waals surface area contributed by atoms with Crippen molar-refractivity contribution < 1.29 is 9.18 Å². The first-order valence-electron chi connectivity index (χ1n) is 8.65. The molecule has 3 atom stereocenters. The molecule has 1 saturated heterocycles. The van der Waals surface area contributed by atoms with E-state index >= 15 is 0 Å². The summed E-state index contributed by atoms with van der Waals surface area (Å²) in [6, 6.07) is 0.0493. The van der Waals surface area contributed by atoms with Crippen LogP contribution in [0.3, 0.4) is 0 Å². The molecule has 0 spiro atoms. The minimum Gasteiger partial charge on any atom is -0.344 e. The molecule has 130 valence electrons. The highest BCUT2D eigenvalue weighted by Crippen LogP contribution is 2.25. The molecule has 1 aromatic rings. The van der Waals surface area contributed by atoms with Gasteiger partial charge in [-0.2, -0.15) is 0 Å². The number of nitrogens with zero attached hydrogens (tertiary/aromatic N) is 4. The van der Waals surface area contributed by atoms with Gasteiger partial charge in [0, 0.05) is 56.6 Å². The van der Waals surface area contributed by atoms with E-state index in [9.17, 15) is 9.18 Å². The second kappa shape index (κ2) is 7.83. The van der Waals surface area contributed by atoms with Gasteiger partial charge in [0.1, 0.15) is 12.5 Å². The number of allylic oxidation sites excluding steroid dienone is 2. The van der Waals surface area contributed by atoms with Crippen LogP contribution in [-0.4, -0.2) is 58.0 Å². The lowest BCUT2D eigenvalue weighted by Gasteiger charge is -2.30. The number of amides is 1. The summed E-state index contributed by atoms with van der Waals surface area (Å²) < 4.78 is 13.9. The largest absolute Gasteiger partial charge is 0.344 e. The molecule has 0 unspecified atom stereocenters. The highest BCUT2D eigenvalue weighted by molar-refractivity contribution is 5.79. The van der Waals surface area contributed by atoms with Crippen molar-refractivity contribution >= 4 is 5.91 Å². The van der Waals surface area contributed by atoms with Gasteiger partial charge < -0.3 is 4.90 Å². The molecule has 1 aromatic heterocycles. The van der Waals surface area contributed by atoms with E-state index in [0.29, 0.717) is 26.1 Å². The maximum absolute atomic E-state index is 13.9. The Kier molecular flexibility index (Phi) is 5.56. The zero-order chi connectivity index (χ0) is 16.9. The number of halogens is 1. The molecule has 0 aromatic carbocycles. The number of aromatic nitrogens is 2. The predicted molar refractivity (Wildman–Crippen MR) is 89.9 cm³/mol. The van der Waals surface area contributed by atoms with Gasteiger partial charge in [0.15, 0.2) is 0 Å². The fourth-order valence-electron chi connectivity index (χ4n) is 3.69. The van der Waals surface area contributed by atoms with Crippen LogP contribution in [0, 0.1) is 5.92 Å². The van der Waals surface area contributed by atoms with Crippen LogP contribution in [0.1, 0.15) is 31.2 Å². The Morgan fingerprint density at radius 3 is 2.88 bits per heavy atom. The second-order valence-electron chi connectivity index (χ2n) is 6.86. The van der Waals surface area contributed by atoms with Crippen molar-refractivity contribution in [2.24, 2.45) is 5.92 Å². The van der Waals surface area contributed by atoms with E-state index in [1.165, 1.54) is 6.33 Å². The maximum Gasteiger partial charge on any atom is 0.225 e. The third-order valence-corrected chi connectivity index (χ3v) is 4.96. The van der Waals surface area contributed by atoms with E-state index < -0.39 is 6.17 Å². The maximum atomic E-state index is 13.9. The van der Waals surface area contributed by atoms with Crippen molar-refractivity contribution in [3.05, 3.63) is 36.4 Å². The van der Waals surface area contributed by atoms with Crippen molar-refractivity contribution in [3.8, 4) is 0 Å². The Hall–Kier alpha value is -1.82. The number of likely N-dealkylation sites (N-methyl/N-ethyl adjacent to an activating group) is 1. The van der Waals surface area contributed by atoms with E-state index in [0.717, 1.165) is 24.8 Å². The Balaban J connectivity index is 1.59. The molecule has 24 heavy (non-hydrogen) atoms. The van der Waals surface area contributed by atoms with Crippen molar-refractivity contribution in [1.82, 2.24) is 19.8 Å². The van der Waals surface area contributed by atoms with Gasteiger partial charge in [-0.15, -0.1) is 0 Å². The fourth-order valence-corrected chi connectivity index (χ4v) is 3.69. The Labute approximate surface area is 142 Å². The SMILES string of the molecule is CN(C[C@@H]1C[C@H](F)CN1Cc1cncnc1)C(=O)[C@H]1CC=CCC1. The lowest BCUT2D eigenvalue weighted by molar-refractivity contribution is -0.135. The average Bonchev–Trinajstić information content (AvgIpc) is 2.95. The Morgan fingerprint density at radius 2 is 2.17 bits per heavy atom. The first kappa shape index (κ1) is 17.0. The lowest BCUT2D eigenvalue weighted by Crippen LogP contribution is -2.43. The van der Waals surface area contributed by atoms with Gasteiger partial charge in [-0.1, -0.05) is 12.2 Å². The van der Waals surface area contributed by atoms with E-state index in [4.69, 9.17) is 0 Å². The van der Waals surface area contributed by atoms with Crippen LogP contribution in [0.15, 0.2) is 30.9 Å². The van der Waals surface area contributed by atoms with Crippen LogP contribution in [0.2, 0.25) is 0 Å². The molecule has 0 N–H and O–H groups in total. The Morgan fingerprint density at radius 1 is 1.38 bits per heavy atom. The van der Waals surface area contributed by atoms with Crippen LogP contribution in [0.5, 0.6) is 0 Å². The molecule has 1 aliphatic carbocycles. The number of carbonyl (C=O) groups is 1. The van der Waals surface area contributed by atoms with Gasteiger partial charge in [-0.3, -0.25) is 9.69 Å². The van der Waals surface area contributed by atoms with Crippen LogP contribution in [0.25, 0.3) is 0 Å². The van der Waals surface area contributed by atoms with Gasteiger partial charge in [0.25, 0.3) is 0 Å². The molecule has 0 saturated carbocycles. The van der Waals surface area contributed by atoms with Gasteiger partial charge in [0.05, 0.1) is 0 Å². The summed E-state index contributed by atoms with van der Waals surface area (Å²) in [6.45, 7) is 1.61. The van der Waals surface area contributed by atoms with Gasteiger partial charge in [0.2, 0.25) is 5.91 Å². The first-order chi connectivity index (χ1) is 11.6. The van der Waals surface area contributed by atoms with E-state index in [2.05, 4.69) is 27.0 Å². The van der Waals surface area contributed by atoms with Crippen molar-refractivity contribution in [2.45, 2.75) is 44.4 Å². The predicted octanol–water partition coefficient (Wildman–Crippen LogP) is 2.20. The summed E-state index contributed by atoms with van der Waals surface area (Å²) in [4.78, 5) is 24.5. The summed E-state index contributed by atoms with van der Waals surface area (Å²) in [5, 5.41) is 0. The molecule has 6 heteroatoms. The summed E-state index contributed by atoms with van der Waals surface area (Å²) in [6.07, 6.45) is 11.6. The zero-order valence-electron chi connectivity index (χ0n) is 14.1. The number of hydrogen-bond acceptors (Lipinski definition) is 4. The topological polar surface area (TPSA) is 49.3 Å². The van der Waals surface area contributed by atoms with Crippen LogP contribution >= 0.6 is 0 Å². The summed E-state index contributed by atoms with van der Waals surface area (Å²) >= 11 is 0. The lowest BCUT2D eigenvalue weighted by atomic mass is 9.93. The van der Waals surface area contributed by atoms with Crippen molar-refractivity contribution in [1.29, 1.82) is 0 Å². The molecule has 1 amide bonds. The minimum atomic E-state index is -0.833. The minimum absolute atomic E-state index is 0.0493. The third-order valence-electron chi connectivity index (χ3n) is 4.96. The van der Waals surface area contributed by atoms with Crippen LogP contribution in [-0.2, 0) is 11.3 Å². The van der Waals surface area contributed by atoms with Crippen LogP contribution in [0.4, 0.5) is 4.39 Å². The van der Waals surface area contributed by atoms with E-state index in [-0.39, 0.29) is 17.9 Å². The quantitative estimate of drug-likeness (QED) is 0.776. The summed E-state index contributed by atoms with van der Waals surface area (Å²) in [5.41, 5.74) is 0.975. The molecule has 3 rings (SSSR count). The van der Waals surface area contributed by atoms with Gasteiger partial charge >= 0.3 is 0 Å². The number of alkyl halides is 1. The smallest absolute Gasteiger partial charge is 0.225 e. The number of rotatable bonds is 5. The second-order valence-corrected chi connectivity index (χ2v) is 6.86. The highest BCUT2D eigenvalue weighted by atomic mass is 19.1. The molecule has 0 bridgehead atoms. The number of likely N-dealkylation sites (tertiary alicyclic amines) is 1. The molecular formula is C18H25FN4O. The standard InChI is InChI=1S/C18H25FN4O/c1-22(18(24)15-5-3-2-4-6-15)12-17-7-16(19)11-23(17)10-14-8-20-13-21-9-14/h2-3,8-9,13,15-17H,4-7,10-12H2,1H3/t15-,16-,17-/m0/s1. The number of carbonyl (C=O) groups excluding carboxylic acids is 1. The highest BCUT2D eigenvalue weighted by Gasteiger charge is 2.34. The number of hydrogen-bond donors (Lipinski definition) is 0. The van der Waals surface area contributed by atoms with Crippen LogP contribution < -0.4 is 0 Å². The fraction of sp³-hybridized carbons (Fsp3) is 0.611. The molecule has 2 heterocycles. The summed E-state index contributed by atoms with van der Waals surface area (Å²) in [5.74, 6) is 0.267. The molecule has 5 nitrogen and oxygen atoms in total. The zero-order valence-corrected chi connectivity index (χ0v) is 14.1. The third kappa shape index (κ3) is 4.17.